The lowest BCUT2D eigenvalue weighted by atomic mass is 10.1. The van der Waals surface area contributed by atoms with Gasteiger partial charge in [-0.3, -0.25) is 0 Å². The number of hydrogen-bond acceptors (Lipinski definition) is 3. The maximum atomic E-state index is 13.1. The molecular weight excluding hydrogens is 243 g/mol. The molecule has 0 unspecified atom stereocenters. The van der Waals surface area contributed by atoms with Gasteiger partial charge in [-0.25, -0.2) is 17.5 Å². The van der Waals surface area contributed by atoms with Crippen LogP contribution in [-0.4, -0.2) is 15.0 Å². The Balaban J connectivity index is 2.79. The highest BCUT2D eigenvalue weighted by atomic mass is 32.2. The van der Waals surface area contributed by atoms with Crippen molar-refractivity contribution in [2.24, 2.45) is 5.92 Å². The van der Waals surface area contributed by atoms with E-state index in [0.29, 0.717) is 12.5 Å². The fourth-order valence-electron chi connectivity index (χ4n) is 1.24. The van der Waals surface area contributed by atoms with Gasteiger partial charge in [0, 0.05) is 6.54 Å². The van der Waals surface area contributed by atoms with Crippen molar-refractivity contribution in [1.82, 2.24) is 4.72 Å². The van der Waals surface area contributed by atoms with Crippen LogP contribution in [0.3, 0.4) is 0 Å². The van der Waals surface area contributed by atoms with Crippen LogP contribution in [0.1, 0.15) is 20.3 Å². The quantitative estimate of drug-likeness (QED) is 0.792. The number of rotatable bonds is 5. The molecule has 0 aliphatic heterocycles. The lowest BCUT2D eigenvalue weighted by Crippen LogP contribution is -2.25. The van der Waals surface area contributed by atoms with E-state index >= 15 is 0 Å². The molecule has 0 saturated heterocycles. The van der Waals surface area contributed by atoms with Gasteiger partial charge in [0.2, 0.25) is 10.0 Å². The van der Waals surface area contributed by atoms with E-state index < -0.39 is 15.8 Å². The number of nitrogens with two attached hydrogens (primary N) is 1. The highest BCUT2D eigenvalue weighted by Crippen LogP contribution is 2.16. The molecule has 6 heteroatoms. The smallest absolute Gasteiger partial charge is 0.240 e. The molecule has 0 aromatic heterocycles. The number of hydrogen-bond donors (Lipinski definition) is 2. The molecule has 0 atom stereocenters. The zero-order valence-corrected chi connectivity index (χ0v) is 10.7. The average Bonchev–Trinajstić information content (AvgIpc) is 2.21. The summed E-state index contributed by atoms with van der Waals surface area (Å²) in [7, 11) is -3.64. The van der Waals surface area contributed by atoms with Crippen molar-refractivity contribution in [2.45, 2.75) is 25.2 Å². The number of anilines is 1. The molecule has 0 spiro atoms. The van der Waals surface area contributed by atoms with Gasteiger partial charge in [-0.15, -0.1) is 0 Å². The molecule has 0 aliphatic carbocycles. The summed E-state index contributed by atoms with van der Waals surface area (Å²) in [5.74, 6) is -0.322. The number of nitrogen functional groups attached to an aromatic ring is 1. The number of nitrogens with one attached hydrogen (secondary N) is 1. The van der Waals surface area contributed by atoms with Gasteiger partial charge in [-0.05, 0) is 30.5 Å². The van der Waals surface area contributed by atoms with Crippen LogP contribution in [0.5, 0.6) is 0 Å². The van der Waals surface area contributed by atoms with Crippen molar-refractivity contribution in [3.63, 3.8) is 0 Å². The van der Waals surface area contributed by atoms with E-state index in [9.17, 15) is 12.8 Å². The Bertz CT molecular complexity index is 486. The first-order valence-corrected chi connectivity index (χ1v) is 6.86. The van der Waals surface area contributed by atoms with Gasteiger partial charge in [0.1, 0.15) is 5.82 Å². The SMILES string of the molecule is CC(C)CCNS(=O)(=O)c1ccc(N)c(F)c1. The number of halogens is 1. The highest BCUT2D eigenvalue weighted by molar-refractivity contribution is 7.89. The second kappa shape index (κ2) is 5.46. The minimum atomic E-state index is -3.64. The van der Waals surface area contributed by atoms with Gasteiger partial charge in [-0.2, -0.15) is 0 Å². The predicted molar refractivity (Wildman–Crippen MR) is 65.5 cm³/mol. The van der Waals surface area contributed by atoms with Gasteiger partial charge in [0.15, 0.2) is 0 Å². The van der Waals surface area contributed by atoms with Gasteiger partial charge in [0.05, 0.1) is 10.6 Å². The van der Waals surface area contributed by atoms with Crippen molar-refractivity contribution in [1.29, 1.82) is 0 Å². The molecule has 17 heavy (non-hydrogen) atoms. The predicted octanol–water partition coefficient (Wildman–Crippen LogP) is 1.73. The van der Waals surface area contributed by atoms with E-state index in [0.717, 1.165) is 12.5 Å². The fraction of sp³-hybridized carbons (Fsp3) is 0.455. The summed E-state index contributed by atoms with van der Waals surface area (Å²) in [6.45, 7) is 4.33. The van der Waals surface area contributed by atoms with Crippen molar-refractivity contribution in [2.75, 3.05) is 12.3 Å². The first kappa shape index (κ1) is 13.9. The summed E-state index contributed by atoms with van der Waals surface area (Å²) in [6, 6.07) is 3.45. The lowest BCUT2D eigenvalue weighted by Gasteiger charge is -2.08. The van der Waals surface area contributed by atoms with Gasteiger partial charge < -0.3 is 5.73 Å². The Kier molecular flexibility index (Phi) is 4.47. The van der Waals surface area contributed by atoms with Crippen LogP contribution in [0.15, 0.2) is 23.1 Å². The third-order valence-corrected chi connectivity index (χ3v) is 3.75. The Labute approximate surface area is 101 Å². The molecule has 0 amide bonds. The second-order valence-corrected chi connectivity index (χ2v) is 6.03. The lowest BCUT2D eigenvalue weighted by molar-refractivity contribution is 0.550. The monoisotopic (exact) mass is 260 g/mol. The van der Waals surface area contributed by atoms with Crippen LogP contribution in [-0.2, 0) is 10.0 Å². The maximum absolute atomic E-state index is 13.1. The van der Waals surface area contributed by atoms with E-state index in [-0.39, 0.29) is 10.6 Å². The molecular formula is C11H17FN2O2S. The van der Waals surface area contributed by atoms with E-state index in [1.165, 1.54) is 12.1 Å². The molecule has 0 aliphatic rings. The summed E-state index contributed by atoms with van der Waals surface area (Å²) in [6.07, 6.45) is 0.733. The van der Waals surface area contributed by atoms with Gasteiger partial charge in [0.25, 0.3) is 0 Å². The van der Waals surface area contributed by atoms with Crippen LogP contribution >= 0.6 is 0 Å². The summed E-state index contributed by atoms with van der Waals surface area (Å²) < 4.78 is 39.1. The van der Waals surface area contributed by atoms with E-state index in [2.05, 4.69) is 4.72 Å². The maximum Gasteiger partial charge on any atom is 0.240 e. The van der Waals surface area contributed by atoms with Crippen LogP contribution in [0.2, 0.25) is 0 Å². The molecule has 4 nitrogen and oxygen atoms in total. The van der Waals surface area contributed by atoms with Gasteiger partial charge >= 0.3 is 0 Å². The Morgan fingerprint density at radius 3 is 2.59 bits per heavy atom. The van der Waals surface area contributed by atoms with Gasteiger partial charge in [-0.1, -0.05) is 13.8 Å². The normalized spacial score (nSPS) is 12.0. The average molecular weight is 260 g/mol. The third kappa shape index (κ3) is 3.98. The Morgan fingerprint density at radius 2 is 2.06 bits per heavy atom. The van der Waals surface area contributed by atoms with E-state index in [1.54, 1.807) is 0 Å². The molecule has 0 heterocycles. The molecule has 0 fully saturated rings. The summed E-state index contributed by atoms with van der Waals surface area (Å²) >= 11 is 0. The molecule has 1 rings (SSSR count). The molecule has 0 saturated carbocycles. The van der Waals surface area contributed by atoms with E-state index in [1.807, 2.05) is 13.8 Å². The molecule has 0 radical (unpaired) electrons. The zero-order valence-electron chi connectivity index (χ0n) is 9.90. The molecule has 3 N–H and O–H groups in total. The molecule has 1 aromatic carbocycles. The topological polar surface area (TPSA) is 72.2 Å². The third-order valence-electron chi connectivity index (χ3n) is 2.30. The minimum Gasteiger partial charge on any atom is -0.396 e. The van der Waals surface area contributed by atoms with Crippen LogP contribution < -0.4 is 10.5 Å². The van der Waals surface area contributed by atoms with E-state index in [4.69, 9.17) is 5.73 Å². The summed E-state index contributed by atoms with van der Waals surface area (Å²) in [5.41, 5.74) is 5.22. The summed E-state index contributed by atoms with van der Waals surface area (Å²) in [4.78, 5) is -0.104. The Hall–Kier alpha value is -1.14. The summed E-state index contributed by atoms with van der Waals surface area (Å²) in [5, 5.41) is 0. The zero-order chi connectivity index (χ0) is 13.1. The molecule has 1 aromatic rings. The van der Waals surface area contributed by atoms with Crippen molar-refractivity contribution >= 4 is 15.7 Å². The molecule has 96 valence electrons. The van der Waals surface area contributed by atoms with Crippen LogP contribution in [0.25, 0.3) is 0 Å². The van der Waals surface area contributed by atoms with Crippen molar-refractivity contribution in [3.8, 4) is 0 Å². The highest BCUT2D eigenvalue weighted by Gasteiger charge is 2.15. The fourth-order valence-corrected chi connectivity index (χ4v) is 2.30. The Morgan fingerprint density at radius 1 is 1.41 bits per heavy atom. The largest absolute Gasteiger partial charge is 0.396 e. The number of benzene rings is 1. The number of sulfonamides is 1. The van der Waals surface area contributed by atoms with Crippen molar-refractivity contribution in [3.05, 3.63) is 24.0 Å². The van der Waals surface area contributed by atoms with Crippen molar-refractivity contribution < 1.29 is 12.8 Å². The standard InChI is InChI=1S/C11H17FN2O2S/c1-8(2)5-6-14-17(15,16)9-3-4-11(13)10(12)7-9/h3-4,7-8,14H,5-6,13H2,1-2H3. The molecule has 0 bridgehead atoms. The van der Waals surface area contributed by atoms with Crippen LogP contribution in [0, 0.1) is 11.7 Å². The first-order chi connectivity index (χ1) is 7.83. The first-order valence-electron chi connectivity index (χ1n) is 5.37. The van der Waals surface area contributed by atoms with Crippen LogP contribution in [0.4, 0.5) is 10.1 Å². The second-order valence-electron chi connectivity index (χ2n) is 4.26. The minimum absolute atomic E-state index is 0.0638.